The lowest BCUT2D eigenvalue weighted by atomic mass is 9.74. The fourth-order valence-corrected chi connectivity index (χ4v) is 11.7. The number of anilines is 4. The van der Waals surface area contributed by atoms with Gasteiger partial charge in [0, 0.05) is 41.3 Å². The van der Waals surface area contributed by atoms with Crippen molar-refractivity contribution in [1.29, 1.82) is 0 Å². The molecule has 0 saturated carbocycles. The van der Waals surface area contributed by atoms with Gasteiger partial charge in [-0.3, -0.25) is 0 Å². The van der Waals surface area contributed by atoms with Gasteiger partial charge in [0.15, 0.2) is 0 Å². The first kappa shape index (κ1) is 62.0. The molecule has 2 heteroatoms. The number of allylic oxidation sites excluding steroid dienone is 7. The molecule has 10 aromatic carbocycles. The third kappa shape index (κ3) is 14.3. The second-order valence-electron chi connectivity index (χ2n) is 22.1. The van der Waals surface area contributed by atoms with Crippen molar-refractivity contribution in [3.63, 3.8) is 0 Å². The number of hydrogen-bond donors (Lipinski definition) is 0. The maximum Gasteiger partial charge on any atom is 0.0453 e. The predicted octanol–water partition coefficient (Wildman–Crippen LogP) is 24.3. The molecule has 1 atom stereocenters. The molecule has 12 rings (SSSR count). The van der Waals surface area contributed by atoms with E-state index >= 15 is 0 Å². The van der Waals surface area contributed by atoms with Gasteiger partial charge in [-0.2, -0.15) is 0 Å². The summed E-state index contributed by atoms with van der Waals surface area (Å²) in [6, 6.07) is 84.8. The predicted molar refractivity (Wildman–Crippen MR) is 397 cm³/mol. The third-order valence-electron chi connectivity index (χ3n) is 16.8. The van der Waals surface area contributed by atoms with Gasteiger partial charge >= 0.3 is 0 Å². The Labute approximate surface area is 535 Å². The van der Waals surface area contributed by atoms with Crippen molar-refractivity contribution >= 4 is 70.4 Å². The summed E-state index contributed by atoms with van der Waals surface area (Å²) in [5, 5.41) is 0. The lowest BCUT2D eigenvalue weighted by Crippen LogP contribution is -2.30. The van der Waals surface area contributed by atoms with E-state index in [1.807, 2.05) is 62.5 Å². The zero-order chi connectivity index (χ0) is 62.8. The van der Waals surface area contributed by atoms with Crippen molar-refractivity contribution < 1.29 is 0 Å². The average Bonchev–Trinajstić information content (AvgIpc) is 1.58. The summed E-state index contributed by atoms with van der Waals surface area (Å²) in [7, 11) is 0. The van der Waals surface area contributed by atoms with E-state index in [1.54, 1.807) is 0 Å². The molecule has 1 unspecified atom stereocenters. The highest BCUT2D eigenvalue weighted by Crippen LogP contribution is 2.51. The van der Waals surface area contributed by atoms with Crippen LogP contribution < -0.4 is 9.80 Å². The van der Waals surface area contributed by atoms with Crippen LogP contribution in [-0.4, -0.2) is 13.1 Å². The molecule has 1 aliphatic carbocycles. The lowest BCUT2D eigenvalue weighted by Gasteiger charge is -2.30. The number of rotatable bonds is 19. The normalized spacial score (nSPS) is 13.8. The number of hydrogen-bond acceptors (Lipinski definition) is 2. The maximum atomic E-state index is 3.94. The monoisotopic (exact) mass is 1160 g/mol. The molecule has 0 amide bonds. The van der Waals surface area contributed by atoms with Gasteiger partial charge in [0.2, 0.25) is 0 Å². The summed E-state index contributed by atoms with van der Waals surface area (Å²) in [6.45, 7) is 32.8. The molecule has 440 valence electrons. The summed E-state index contributed by atoms with van der Waals surface area (Å²) in [6.07, 6.45) is 27.6. The van der Waals surface area contributed by atoms with Gasteiger partial charge in [0.25, 0.3) is 0 Å². The summed E-state index contributed by atoms with van der Waals surface area (Å²) < 4.78 is 0. The van der Waals surface area contributed by atoms with Crippen LogP contribution in [0.1, 0.15) is 70.3 Å². The molecule has 0 saturated heterocycles. The van der Waals surface area contributed by atoms with Gasteiger partial charge in [0.05, 0.1) is 0 Å². The van der Waals surface area contributed by atoms with Gasteiger partial charge in [-0.25, -0.2) is 0 Å². The van der Waals surface area contributed by atoms with Crippen LogP contribution in [0.5, 0.6) is 0 Å². The molecule has 0 aromatic heterocycles. The number of fused-ring (bicyclic) bond motifs is 2. The molecule has 2 nitrogen and oxygen atoms in total. The van der Waals surface area contributed by atoms with Crippen LogP contribution in [0.3, 0.4) is 0 Å². The van der Waals surface area contributed by atoms with Crippen LogP contribution in [0, 0.1) is 0 Å². The Hall–Kier alpha value is -11.1. The lowest BCUT2D eigenvalue weighted by molar-refractivity contribution is 0.581. The van der Waals surface area contributed by atoms with Crippen LogP contribution in [0.15, 0.2) is 325 Å². The van der Waals surface area contributed by atoms with Gasteiger partial charge in [-0.1, -0.05) is 327 Å². The minimum absolute atomic E-state index is 0.146. The quantitative estimate of drug-likeness (QED) is 0.0745. The summed E-state index contributed by atoms with van der Waals surface area (Å²) in [4.78, 5) is 4.83. The maximum absolute atomic E-state index is 3.94. The minimum Gasteiger partial charge on any atom is -0.340 e. The van der Waals surface area contributed by atoms with Gasteiger partial charge in [-0.05, 0) is 161 Å². The molecule has 2 aliphatic rings. The Balaban J connectivity index is 0.000000193. The Bertz CT molecular complexity index is 4170. The van der Waals surface area contributed by atoms with Gasteiger partial charge in [-0.15, -0.1) is 0 Å². The van der Waals surface area contributed by atoms with E-state index < -0.39 is 0 Å². The first-order valence-electron chi connectivity index (χ1n) is 31.0. The van der Waals surface area contributed by atoms with Crippen LogP contribution in [0.25, 0.3) is 92.1 Å². The summed E-state index contributed by atoms with van der Waals surface area (Å²) >= 11 is 0. The fraction of sp³-hybridized carbons (Fsp3) is 0.0682. The molecule has 0 bridgehead atoms. The Morgan fingerprint density at radius 1 is 0.422 bits per heavy atom. The van der Waals surface area contributed by atoms with E-state index in [-0.39, 0.29) is 5.41 Å². The molecule has 0 radical (unpaired) electrons. The first-order valence-corrected chi connectivity index (χ1v) is 31.0. The molecule has 0 N–H and O–H groups in total. The van der Waals surface area contributed by atoms with Crippen molar-refractivity contribution in [3.8, 4) is 44.5 Å². The number of nitrogens with zero attached hydrogens (tertiary/aromatic N) is 2. The van der Waals surface area contributed by atoms with Crippen LogP contribution in [0.2, 0.25) is 0 Å². The molecule has 1 spiro atoms. The van der Waals surface area contributed by atoms with Crippen molar-refractivity contribution in [2.45, 2.75) is 25.7 Å². The summed E-state index contributed by atoms with van der Waals surface area (Å²) in [5.74, 6) is 0. The average molecular weight is 1160 g/mol. The molecular formula is C88H78N2. The first-order chi connectivity index (χ1) is 44.2. The van der Waals surface area contributed by atoms with Gasteiger partial charge in [0.1, 0.15) is 0 Å². The fourth-order valence-electron chi connectivity index (χ4n) is 11.7. The number of benzene rings is 10. The Morgan fingerprint density at radius 3 is 1.18 bits per heavy atom. The topological polar surface area (TPSA) is 6.48 Å². The molecule has 1 aliphatic heterocycles. The molecule has 90 heavy (non-hydrogen) atoms. The standard InChI is InChI=1S/C43H35N.C43H37N.C2H6/c1-4-31-9-15-34(16-10-31)35-21-24-40(25-22-35)44-30-43(27-7-8-39(29-43)37-19-13-33(6-3)14-20-37)41-28-38(23-26-42(41)44)36-17-11-32(5-2)12-18-36;1-5-10-36(37-18-12-33(6-2)13-19-37)11-9-32-44(42-28-24-40(25-29-42)38-20-14-34(7-3)15-21-38)43-30-26-41(27-31-43)39-22-16-35(8-4)17-23-39;1-2/h4-26,28-29H,1-3,27,30H2;5-31H,1-4,32H2;1-2H3/b;11-9-,36-10+;. The van der Waals surface area contributed by atoms with Crippen molar-refractivity contribution in [1.82, 2.24) is 0 Å². The van der Waals surface area contributed by atoms with Crippen LogP contribution >= 0.6 is 0 Å². The Kier molecular flexibility index (Phi) is 20.4. The molecular weight excluding hydrogens is 1080 g/mol. The van der Waals surface area contributed by atoms with Crippen LogP contribution in [-0.2, 0) is 5.41 Å². The summed E-state index contributed by atoms with van der Waals surface area (Å²) in [5.41, 5.74) is 27.0. The Morgan fingerprint density at radius 2 is 0.778 bits per heavy atom. The van der Waals surface area contributed by atoms with E-state index in [9.17, 15) is 0 Å². The van der Waals surface area contributed by atoms with E-state index in [0.29, 0.717) is 6.54 Å². The third-order valence-corrected chi connectivity index (χ3v) is 16.8. The highest BCUT2D eigenvalue weighted by atomic mass is 15.2. The molecule has 10 aromatic rings. The second-order valence-corrected chi connectivity index (χ2v) is 22.1. The second kappa shape index (κ2) is 29.6. The molecule has 1 heterocycles. The minimum atomic E-state index is -0.146. The highest BCUT2D eigenvalue weighted by molar-refractivity contribution is 5.85. The SMILES string of the molecule is C=C/C=C(\C=C/CN(c1ccc(-c2ccc(C=C)cc2)cc1)c1ccc(-c2ccc(C=C)cc2)cc1)c1ccc(C=C)cc1.C=Cc1ccc(C2=CC3(CC=C2)CN(c2ccc(-c4ccc(C=C)cc4)cc2)c2ccc(-c4ccc(C=C)cc4)cc23)cc1.CC. The van der Waals surface area contributed by atoms with E-state index in [2.05, 4.69) is 323 Å². The van der Waals surface area contributed by atoms with E-state index in [4.69, 9.17) is 0 Å². The largest absolute Gasteiger partial charge is 0.340 e. The van der Waals surface area contributed by atoms with Crippen molar-refractivity contribution in [2.24, 2.45) is 0 Å². The zero-order valence-electron chi connectivity index (χ0n) is 52.0. The van der Waals surface area contributed by atoms with Gasteiger partial charge < -0.3 is 9.80 Å². The molecule has 0 fully saturated rings. The smallest absolute Gasteiger partial charge is 0.0453 e. The van der Waals surface area contributed by atoms with Crippen LogP contribution in [0.4, 0.5) is 22.7 Å². The van der Waals surface area contributed by atoms with E-state index in [0.717, 1.165) is 68.9 Å². The highest BCUT2D eigenvalue weighted by Gasteiger charge is 2.42. The van der Waals surface area contributed by atoms with Crippen molar-refractivity contribution in [2.75, 3.05) is 22.9 Å². The zero-order valence-corrected chi connectivity index (χ0v) is 52.0. The van der Waals surface area contributed by atoms with E-state index in [1.165, 1.54) is 72.6 Å². The van der Waals surface area contributed by atoms with Crippen molar-refractivity contribution in [3.05, 3.63) is 375 Å².